The molecule has 0 radical (unpaired) electrons. The second kappa shape index (κ2) is 44.8. The van der Waals surface area contributed by atoms with Crippen LogP contribution < -0.4 is 60.3 Å². The Balaban J connectivity index is 0.685. The maximum absolute atomic E-state index is 13.2. The summed E-state index contributed by atoms with van der Waals surface area (Å²) in [6, 6.07) is 44.7. The third-order valence-corrected chi connectivity index (χ3v) is 17.5. The van der Waals surface area contributed by atoms with Gasteiger partial charge >= 0.3 is 18.1 Å². The van der Waals surface area contributed by atoms with Crippen LogP contribution in [0.2, 0.25) is 0 Å². The zero-order valence-corrected chi connectivity index (χ0v) is 61.7. The first-order chi connectivity index (χ1) is 55.3. The molecule has 10 rings (SSSR count). The monoisotopic (exact) mass is 1600 g/mol. The number of hydrogen-bond acceptors (Lipinski definition) is 30. The maximum atomic E-state index is 13.2. The van der Waals surface area contributed by atoms with E-state index in [1.807, 2.05) is 18.2 Å². The van der Waals surface area contributed by atoms with Crippen molar-refractivity contribution in [1.82, 2.24) is 0 Å². The molecule has 0 saturated carbocycles. The minimum atomic E-state index is -1.55. The molecule has 15 atom stereocenters. The molecule has 7 aromatic rings. The maximum Gasteiger partial charge on any atom is 0.323 e. The fourth-order valence-electron chi connectivity index (χ4n) is 11.6. The summed E-state index contributed by atoms with van der Waals surface area (Å²) in [6.07, 6.45) is -20.7. The highest BCUT2D eigenvalue weighted by atomic mass is 16.7. The summed E-state index contributed by atoms with van der Waals surface area (Å²) >= 11 is 0. The number of aliphatic hydroxyl groups is 12. The molecule has 3 aliphatic rings. The lowest BCUT2D eigenvalue weighted by molar-refractivity contribution is -0.302. The summed E-state index contributed by atoms with van der Waals surface area (Å²) in [5.41, 5.74) is 4.95. The average molecular weight is 1600 g/mol. The van der Waals surface area contributed by atoms with Crippen LogP contribution in [0.4, 0.5) is 48.5 Å². The number of amides is 6. The molecule has 3 aliphatic heterocycles. The van der Waals surface area contributed by atoms with E-state index in [2.05, 4.69) is 31.9 Å². The van der Waals surface area contributed by atoms with Crippen molar-refractivity contribution in [2.45, 2.75) is 112 Å². The SMILES string of the molecule is O=C(Nc1ccc(OCCOCCO[C@@H]2O[C@H](CO)[C@@H](O)[C@H](O)[C@H]2O)cc1)Nc1cccc(OCc2cc(COc3cccc(NC(=O)Nc4ccc(OCCOCCO[C@@H]5O[C@H](CO)[C@@H](O)[C@H](O)[C@H]5O)cc4)c3)cc(COc3cccc(NC(=O)Nc4ccc(OCCOCCO[C@@H]5O[C@H](CO)[C@@H](O)[C@H](O)[C@H]5O)cc4)c3)c2)c1. The molecular weight excluding hydrogens is 1500 g/mol. The summed E-state index contributed by atoms with van der Waals surface area (Å²) in [6.45, 7) is -0.190. The third kappa shape index (κ3) is 27.0. The molecular formula is C78H96N6O30. The molecule has 0 aliphatic carbocycles. The Bertz CT molecular complexity index is 3640. The fraction of sp³-hybridized carbons (Fsp3) is 0.423. The smallest absolute Gasteiger partial charge is 0.323 e. The predicted molar refractivity (Wildman–Crippen MR) is 404 cm³/mol. The quantitative estimate of drug-likeness (QED) is 0.0245. The molecule has 618 valence electrons. The second-order valence-electron chi connectivity index (χ2n) is 26.0. The van der Waals surface area contributed by atoms with E-state index >= 15 is 0 Å². The Morgan fingerprint density at radius 2 is 0.526 bits per heavy atom. The molecule has 6 amide bonds. The van der Waals surface area contributed by atoms with Gasteiger partial charge in [-0.05, 0) is 144 Å². The number of rotatable bonds is 42. The zero-order valence-electron chi connectivity index (χ0n) is 61.7. The largest absolute Gasteiger partial charge is 0.491 e. The summed E-state index contributed by atoms with van der Waals surface area (Å²) < 4.78 is 85.0. The lowest BCUT2D eigenvalue weighted by Crippen LogP contribution is -2.59. The van der Waals surface area contributed by atoms with Crippen LogP contribution in [0.5, 0.6) is 34.5 Å². The fourth-order valence-corrected chi connectivity index (χ4v) is 11.6. The lowest BCUT2D eigenvalue weighted by atomic mass is 9.99. The van der Waals surface area contributed by atoms with Gasteiger partial charge in [0.05, 0.1) is 79.3 Å². The van der Waals surface area contributed by atoms with E-state index in [9.17, 15) is 75.7 Å². The van der Waals surface area contributed by atoms with Crippen LogP contribution in [0, 0.1) is 0 Å². The number of ether oxygens (including phenoxy) is 15. The van der Waals surface area contributed by atoms with Gasteiger partial charge in [-0.2, -0.15) is 0 Å². The van der Waals surface area contributed by atoms with E-state index < -0.39 is 130 Å². The van der Waals surface area contributed by atoms with Gasteiger partial charge in [0.1, 0.15) is 147 Å². The molecule has 114 heavy (non-hydrogen) atoms. The van der Waals surface area contributed by atoms with Crippen LogP contribution in [0.25, 0.3) is 0 Å². The van der Waals surface area contributed by atoms with Gasteiger partial charge in [0, 0.05) is 52.3 Å². The highest BCUT2D eigenvalue weighted by Crippen LogP contribution is 2.29. The normalized spacial score (nSPS) is 23.3. The van der Waals surface area contributed by atoms with Crippen LogP contribution in [0.15, 0.2) is 164 Å². The molecule has 3 saturated heterocycles. The van der Waals surface area contributed by atoms with E-state index in [1.54, 1.807) is 146 Å². The number of carbonyl (C=O) groups excluding carboxylic acids is 3. The Kier molecular flexibility index (Phi) is 34.1. The van der Waals surface area contributed by atoms with Crippen molar-refractivity contribution in [2.75, 3.05) is 131 Å². The molecule has 7 aromatic carbocycles. The van der Waals surface area contributed by atoms with Crippen LogP contribution in [0.3, 0.4) is 0 Å². The molecule has 0 unspecified atom stereocenters. The summed E-state index contributed by atoms with van der Waals surface area (Å²) in [4.78, 5) is 39.7. The van der Waals surface area contributed by atoms with Crippen LogP contribution >= 0.6 is 0 Å². The summed E-state index contributed by atoms with van der Waals surface area (Å²) in [5, 5.41) is 135. The van der Waals surface area contributed by atoms with Crippen LogP contribution in [-0.4, -0.2) is 271 Å². The van der Waals surface area contributed by atoms with Crippen molar-refractivity contribution in [3.8, 4) is 34.5 Å². The van der Waals surface area contributed by atoms with Crippen molar-refractivity contribution in [3.63, 3.8) is 0 Å². The van der Waals surface area contributed by atoms with Gasteiger partial charge in [-0.1, -0.05) is 18.2 Å². The Labute approximate surface area is 654 Å². The molecule has 0 spiro atoms. The number of urea groups is 3. The highest BCUT2D eigenvalue weighted by Gasteiger charge is 2.46. The molecule has 0 bridgehead atoms. The molecule has 36 heteroatoms. The van der Waals surface area contributed by atoms with Gasteiger partial charge in [0.2, 0.25) is 0 Å². The van der Waals surface area contributed by atoms with Crippen molar-refractivity contribution < 1.29 is 147 Å². The standard InChI is InChI=1S/C78H96N6O30/c85-40-61-64(88)67(91)70(94)73(112-61)106-31-25-100-22-28-103-55-16-10-49(11-17-55)79-76(97)82-52-4-1-7-58(37-52)109-43-46-34-47(44-110-59-8-2-5-53(38-59)83-77(98)80-50-12-18-56(19-13-50)104-29-23-101-26-32-107-74-71(95)68(92)65(89)62(41-86)113-74)36-48(35-46)45-111-60-9-3-6-54(39-60)84-78(99)81-51-14-20-57(21-15-51)105-30-24-102-27-33-108-75-72(96)69(93)66(90)63(42-87)114-75/h1-21,34-39,61-75,85-96H,22-33,40-45H2,(H2,79,82,97)(H2,80,83,98)(H2,81,84,99)/t61-,62-,63-,64-,65-,66-,67+,68+,69+,70-,71-,72-,73-,74-,75-/m1/s1. The second-order valence-corrected chi connectivity index (χ2v) is 26.0. The van der Waals surface area contributed by atoms with Gasteiger partial charge in [-0.25, -0.2) is 14.4 Å². The predicted octanol–water partition coefficient (Wildman–Crippen LogP) is 2.99. The zero-order chi connectivity index (χ0) is 80.7. The first-order valence-electron chi connectivity index (χ1n) is 36.5. The lowest BCUT2D eigenvalue weighted by Gasteiger charge is -2.39. The van der Waals surface area contributed by atoms with E-state index in [1.165, 1.54) is 0 Å². The first-order valence-corrected chi connectivity index (χ1v) is 36.5. The summed E-state index contributed by atoms with van der Waals surface area (Å²) in [7, 11) is 0. The Morgan fingerprint density at radius 3 is 0.789 bits per heavy atom. The van der Waals surface area contributed by atoms with Gasteiger partial charge in [-0.3, -0.25) is 0 Å². The number of benzene rings is 7. The van der Waals surface area contributed by atoms with Crippen molar-refractivity contribution in [2.24, 2.45) is 0 Å². The van der Waals surface area contributed by atoms with Gasteiger partial charge in [0.25, 0.3) is 0 Å². The van der Waals surface area contributed by atoms with Gasteiger partial charge < -0.3 is 164 Å². The van der Waals surface area contributed by atoms with Gasteiger partial charge in [0.15, 0.2) is 18.9 Å². The average Bonchev–Trinajstić information content (AvgIpc) is 0.909. The van der Waals surface area contributed by atoms with E-state index in [0.717, 1.165) is 16.7 Å². The number of anilines is 6. The van der Waals surface area contributed by atoms with Crippen LogP contribution in [0.1, 0.15) is 16.7 Å². The van der Waals surface area contributed by atoms with Gasteiger partial charge in [-0.15, -0.1) is 0 Å². The Hall–Kier alpha value is -9.69. The Morgan fingerprint density at radius 1 is 0.272 bits per heavy atom. The molecule has 18 N–H and O–H groups in total. The highest BCUT2D eigenvalue weighted by molar-refractivity contribution is 6.01. The molecule has 0 aromatic heterocycles. The topological polar surface area (TPSA) is 505 Å². The van der Waals surface area contributed by atoms with Crippen molar-refractivity contribution in [3.05, 3.63) is 180 Å². The van der Waals surface area contributed by atoms with Crippen LogP contribution in [-0.2, 0) is 62.5 Å². The number of aliphatic hydroxyl groups excluding tert-OH is 12. The molecule has 3 fully saturated rings. The number of hydrogen-bond donors (Lipinski definition) is 18. The first kappa shape index (κ1) is 86.7. The van der Waals surface area contributed by atoms with E-state index in [-0.39, 0.29) is 99.1 Å². The molecule has 3 heterocycles. The van der Waals surface area contributed by atoms with E-state index in [4.69, 9.17) is 71.1 Å². The van der Waals surface area contributed by atoms with Crippen molar-refractivity contribution in [1.29, 1.82) is 0 Å². The van der Waals surface area contributed by atoms with Crippen molar-refractivity contribution >= 4 is 52.2 Å². The summed E-state index contributed by atoms with van der Waals surface area (Å²) in [5.74, 6) is 2.85. The number of carbonyl (C=O) groups is 3. The minimum Gasteiger partial charge on any atom is -0.491 e. The number of nitrogens with one attached hydrogen (secondary N) is 6. The van der Waals surface area contributed by atoms with E-state index in [0.29, 0.717) is 68.6 Å². The molecule has 36 nitrogen and oxygen atoms in total. The third-order valence-electron chi connectivity index (χ3n) is 17.5. The minimum absolute atomic E-state index is 0.0134.